The Morgan fingerprint density at radius 1 is 1.19 bits per heavy atom. The molecule has 0 heterocycles. The number of anilines is 1. The second kappa shape index (κ2) is 7.11. The maximum atomic E-state index is 12.0. The molecule has 0 radical (unpaired) electrons. The topological polar surface area (TPSA) is 67.4 Å². The number of carbonyl (C=O) groups excluding carboxylic acids is 2. The molecule has 0 aliphatic rings. The van der Waals surface area contributed by atoms with E-state index in [1.54, 1.807) is 18.2 Å². The maximum absolute atomic E-state index is 12.0. The lowest BCUT2D eigenvalue weighted by Crippen LogP contribution is -2.46. The zero-order chi connectivity index (χ0) is 16.0. The van der Waals surface area contributed by atoms with Gasteiger partial charge in [-0.1, -0.05) is 32.9 Å². The summed E-state index contributed by atoms with van der Waals surface area (Å²) >= 11 is 0. The molecule has 1 atom stereocenters. The summed E-state index contributed by atoms with van der Waals surface area (Å²) in [5, 5.41) is 5.28. The van der Waals surface area contributed by atoms with Crippen LogP contribution in [-0.4, -0.2) is 24.5 Å². The van der Waals surface area contributed by atoms with Crippen LogP contribution in [0.5, 0.6) is 5.75 Å². The quantitative estimate of drug-likeness (QED) is 0.838. The molecule has 0 bridgehead atoms. The largest absolute Gasteiger partial charge is 0.492 e. The van der Waals surface area contributed by atoms with Crippen molar-refractivity contribution in [3.63, 3.8) is 0 Å². The molecule has 21 heavy (non-hydrogen) atoms. The summed E-state index contributed by atoms with van der Waals surface area (Å²) < 4.78 is 5.41. The van der Waals surface area contributed by atoms with Crippen LogP contribution in [0.25, 0.3) is 0 Å². The predicted molar refractivity (Wildman–Crippen MR) is 83.3 cm³/mol. The molecule has 1 aromatic rings. The van der Waals surface area contributed by atoms with Crippen LogP contribution in [-0.2, 0) is 9.59 Å². The predicted octanol–water partition coefficient (Wildman–Crippen LogP) is 2.57. The molecule has 0 saturated heterocycles. The van der Waals surface area contributed by atoms with Crippen LogP contribution in [0.2, 0.25) is 0 Å². The fourth-order valence-electron chi connectivity index (χ4n) is 1.51. The first kappa shape index (κ1) is 17.0. The number of amides is 2. The van der Waals surface area contributed by atoms with E-state index >= 15 is 0 Å². The maximum Gasteiger partial charge on any atom is 0.313 e. The fourth-order valence-corrected chi connectivity index (χ4v) is 1.51. The van der Waals surface area contributed by atoms with E-state index in [4.69, 9.17) is 4.74 Å². The highest BCUT2D eigenvalue weighted by Gasteiger charge is 2.24. The Kier molecular flexibility index (Phi) is 5.76. The van der Waals surface area contributed by atoms with Crippen LogP contribution in [0.15, 0.2) is 24.3 Å². The first-order valence-corrected chi connectivity index (χ1v) is 7.09. The zero-order valence-corrected chi connectivity index (χ0v) is 13.3. The number of para-hydroxylation sites is 2. The number of ether oxygens (including phenoxy) is 1. The Morgan fingerprint density at radius 3 is 2.38 bits per heavy atom. The van der Waals surface area contributed by atoms with Crippen LogP contribution >= 0.6 is 0 Å². The van der Waals surface area contributed by atoms with E-state index in [1.165, 1.54) is 0 Å². The molecule has 0 saturated carbocycles. The van der Waals surface area contributed by atoms with Gasteiger partial charge in [0.15, 0.2) is 0 Å². The molecule has 0 fully saturated rings. The molecule has 0 aromatic heterocycles. The fraction of sp³-hybridized carbons (Fsp3) is 0.500. The van der Waals surface area contributed by atoms with Gasteiger partial charge in [0, 0.05) is 6.04 Å². The SMILES string of the molecule is CCOc1ccccc1NC(=O)C(=O)NC(C)C(C)(C)C. The first-order chi connectivity index (χ1) is 9.75. The van der Waals surface area contributed by atoms with E-state index in [0.717, 1.165) is 0 Å². The highest BCUT2D eigenvalue weighted by molar-refractivity contribution is 6.39. The molecule has 1 aromatic carbocycles. The molecule has 116 valence electrons. The average Bonchev–Trinajstić information content (AvgIpc) is 2.40. The molecule has 2 amide bonds. The Bertz CT molecular complexity index is 506. The van der Waals surface area contributed by atoms with Gasteiger partial charge in [-0.05, 0) is 31.4 Å². The molecular formula is C16H24N2O3. The minimum absolute atomic E-state index is 0.112. The van der Waals surface area contributed by atoms with Crippen molar-refractivity contribution in [1.29, 1.82) is 0 Å². The summed E-state index contributed by atoms with van der Waals surface area (Å²) in [4.78, 5) is 23.9. The Morgan fingerprint density at radius 2 is 1.81 bits per heavy atom. The zero-order valence-electron chi connectivity index (χ0n) is 13.3. The number of rotatable bonds is 4. The lowest BCUT2D eigenvalue weighted by Gasteiger charge is -2.27. The van der Waals surface area contributed by atoms with E-state index in [9.17, 15) is 9.59 Å². The van der Waals surface area contributed by atoms with Crippen LogP contribution in [0, 0.1) is 5.41 Å². The van der Waals surface area contributed by atoms with E-state index in [2.05, 4.69) is 10.6 Å². The van der Waals surface area contributed by atoms with Gasteiger partial charge in [0.05, 0.1) is 12.3 Å². The Hall–Kier alpha value is -2.04. The summed E-state index contributed by atoms with van der Waals surface area (Å²) in [6.07, 6.45) is 0. The second-order valence-corrected chi connectivity index (χ2v) is 5.94. The molecule has 2 N–H and O–H groups in total. The Labute approximate surface area is 126 Å². The van der Waals surface area contributed by atoms with Gasteiger partial charge in [0.1, 0.15) is 5.75 Å². The molecule has 0 spiro atoms. The number of nitrogens with one attached hydrogen (secondary N) is 2. The van der Waals surface area contributed by atoms with Crippen LogP contribution in [0.4, 0.5) is 5.69 Å². The molecule has 1 unspecified atom stereocenters. The Balaban J connectivity index is 2.71. The third-order valence-electron chi connectivity index (χ3n) is 3.29. The standard InChI is InChI=1S/C16H24N2O3/c1-6-21-13-10-8-7-9-12(13)18-15(20)14(19)17-11(2)16(3,4)5/h7-11H,6H2,1-5H3,(H,17,19)(H,18,20). The third kappa shape index (κ3) is 5.10. The highest BCUT2D eigenvalue weighted by atomic mass is 16.5. The molecule has 5 heteroatoms. The van der Waals surface area contributed by atoms with Gasteiger partial charge in [-0.2, -0.15) is 0 Å². The lowest BCUT2D eigenvalue weighted by atomic mass is 9.88. The van der Waals surface area contributed by atoms with Gasteiger partial charge >= 0.3 is 11.8 Å². The van der Waals surface area contributed by atoms with Crippen LogP contribution < -0.4 is 15.4 Å². The van der Waals surface area contributed by atoms with Crippen molar-refractivity contribution in [1.82, 2.24) is 5.32 Å². The molecule has 5 nitrogen and oxygen atoms in total. The van der Waals surface area contributed by atoms with E-state index in [-0.39, 0.29) is 11.5 Å². The van der Waals surface area contributed by atoms with E-state index in [0.29, 0.717) is 18.0 Å². The van der Waals surface area contributed by atoms with Crippen molar-refractivity contribution >= 4 is 17.5 Å². The normalized spacial score (nSPS) is 12.4. The summed E-state index contributed by atoms with van der Waals surface area (Å²) in [6, 6.07) is 6.91. The highest BCUT2D eigenvalue weighted by Crippen LogP contribution is 2.23. The molecule has 1 rings (SSSR count). The van der Waals surface area contributed by atoms with Crippen LogP contribution in [0.1, 0.15) is 34.6 Å². The van der Waals surface area contributed by atoms with Crippen molar-refractivity contribution in [3.05, 3.63) is 24.3 Å². The van der Waals surface area contributed by atoms with Crippen molar-refractivity contribution in [3.8, 4) is 5.75 Å². The summed E-state index contributed by atoms with van der Waals surface area (Å²) in [7, 11) is 0. The number of benzene rings is 1. The van der Waals surface area contributed by atoms with Gasteiger partial charge in [0.25, 0.3) is 0 Å². The lowest BCUT2D eigenvalue weighted by molar-refractivity contribution is -0.137. The average molecular weight is 292 g/mol. The minimum atomic E-state index is -0.696. The van der Waals surface area contributed by atoms with E-state index in [1.807, 2.05) is 40.7 Å². The van der Waals surface area contributed by atoms with Crippen molar-refractivity contribution < 1.29 is 14.3 Å². The third-order valence-corrected chi connectivity index (χ3v) is 3.29. The van der Waals surface area contributed by atoms with Gasteiger partial charge in [-0.25, -0.2) is 0 Å². The molecule has 0 aliphatic heterocycles. The van der Waals surface area contributed by atoms with Crippen LogP contribution in [0.3, 0.4) is 0 Å². The number of hydrogen-bond donors (Lipinski definition) is 2. The molecule has 0 aliphatic carbocycles. The van der Waals surface area contributed by atoms with Gasteiger partial charge in [-0.3, -0.25) is 9.59 Å². The first-order valence-electron chi connectivity index (χ1n) is 7.09. The summed E-state index contributed by atoms with van der Waals surface area (Å²) in [6.45, 7) is 10.2. The van der Waals surface area contributed by atoms with E-state index < -0.39 is 11.8 Å². The van der Waals surface area contributed by atoms with Crippen molar-refractivity contribution in [2.75, 3.05) is 11.9 Å². The summed E-state index contributed by atoms with van der Waals surface area (Å²) in [5.41, 5.74) is 0.377. The number of hydrogen-bond acceptors (Lipinski definition) is 3. The van der Waals surface area contributed by atoms with Gasteiger partial charge in [0.2, 0.25) is 0 Å². The molecular weight excluding hydrogens is 268 g/mol. The van der Waals surface area contributed by atoms with Crippen molar-refractivity contribution in [2.45, 2.75) is 40.7 Å². The monoisotopic (exact) mass is 292 g/mol. The van der Waals surface area contributed by atoms with Gasteiger partial charge < -0.3 is 15.4 Å². The summed E-state index contributed by atoms with van der Waals surface area (Å²) in [5.74, 6) is -0.799. The van der Waals surface area contributed by atoms with Gasteiger partial charge in [-0.15, -0.1) is 0 Å². The second-order valence-electron chi connectivity index (χ2n) is 5.94. The minimum Gasteiger partial charge on any atom is -0.492 e. The smallest absolute Gasteiger partial charge is 0.313 e. The number of carbonyl (C=O) groups is 2. The van der Waals surface area contributed by atoms with Crippen molar-refractivity contribution in [2.24, 2.45) is 5.41 Å².